The molecule has 0 aliphatic carbocycles. The van der Waals surface area contributed by atoms with Gasteiger partial charge in [0.25, 0.3) is 0 Å². The molecule has 4 heteroatoms. The predicted molar refractivity (Wildman–Crippen MR) is 47.8 cm³/mol. The number of aromatic nitrogens is 3. The van der Waals surface area contributed by atoms with Crippen LogP contribution < -0.4 is 0 Å². The Morgan fingerprint density at radius 3 is 2.60 bits per heavy atom. The van der Waals surface area contributed by atoms with Crippen molar-refractivity contribution in [3.8, 4) is 0 Å². The number of hydrogen-bond donors (Lipinski definition) is 0. The molecular formula is C6H10IN3. The van der Waals surface area contributed by atoms with Crippen molar-refractivity contribution >= 4 is 22.6 Å². The molecule has 0 aromatic carbocycles. The van der Waals surface area contributed by atoms with Crippen LogP contribution in [0.5, 0.6) is 0 Å². The number of halogens is 1. The molecule has 0 amide bonds. The molecule has 1 heterocycles. The Kier molecular flexibility index (Phi) is 2.64. The largest absolute Gasteiger partial charge is 0.249 e. The van der Waals surface area contributed by atoms with Gasteiger partial charge in [-0.3, -0.25) is 0 Å². The summed E-state index contributed by atoms with van der Waals surface area (Å²) in [5, 5.41) is 7.92. The Labute approximate surface area is 73.9 Å². The summed E-state index contributed by atoms with van der Waals surface area (Å²) in [4.78, 5) is 0. The van der Waals surface area contributed by atoms with Gasteiger partial charge >= 0.3 is 0 Å². The Morgan fingerprint density at radius 2 is 2.20 bits per heavy atom. The van der Waals surface area contributed by atoms with Gasteiger partial charge in [-0.05, 0) is 35.9 Å². The molecule has 3 nitrogen and oxygen atoms in total. The minimum absolute atomic E-state index is 0.916. The van der Waals surface area contributed by atoms with Crippen molar-refractivity contribution in [2.24, 2.45) is 0 Å². The maximum Gasteiger partial charge on any atom is 0.146 e. The molecule has 56 valence electrons. The fourth-order valence-electron chi connectivity index (χ4n) is 0.894. The van der Waals surface area contributed by atoms with Crippen LogP contribution in [0.1, 0.15) is 19.5 Å². The van der Waals surface area contributed by atoms with E-state index in [9.17, 15) is 0 Å². The van der Waals surface area contributed by atoms with Gasteiger partial charge in [0, 0.05) is 6.54 Å². The number of rotatable bonds is 2. The van der Waals surface area contributed by atoms with Crippen molar-refractivity contribution in [3.05, 3.63) is 9.39 Å². The number of nitrogens with zero attached hydrogens (tertiary/aromatic N) is 3. The van der Waals surface area contributed by atoms with Crippen LogP contribution in [-0.4, -0.2) is 15.0 Å². The molecule has 1 aromatic rings. The second-order valence-electron chi connectivity index (χ2n) is 2.00. The Hall–Kier alpha value is -0.130. The van der Waals surface area contributed by atoms with E-state index in [1.54, 1.807) is 0 Å². The normalized spacial score (nSPS) is 10.3. The zero-order valence-electron chi connectivity index (χ0n) is 6.13. The topological polar surface area (TPSA) is 30.7 Å². The molecule has 0 saturated carbocycles. The van der Waals surface area contributed by atoms with Crippen molar-refractivity contribution in [2.45, 2.75) is 26.8 Å². The van der Waals surface area contributed by atoms with E-state index in [1.807, 2.05) is 4.68 Å². The van der Waals surface area contributed by atoms with E-state index in [2.05, 4.69) is 46.8 Å². The Bertz CT molecular complexity index is 219. The highest BCUT2D eigenvalue weighted by Crippen LogP contribution is 2.08. The van der Waals surface area contributed by atoms with Crippen LogP contribution in [0.4, 0.5) is 0 Å². The molecule has 1 aromatic heterocycles. The van der Waals surface area contributed by atoms with Crippen LogP contribution in [0, 0.1) is 3.70 Å². The van der Waals surface area contributed by atoms with Gasteiger partial charge in [-0.1, -0.05) is 12.1 Å². The van der Waals surface area contributed by atoms with Crippen LogP contribution >= 0.6 is 22.6 Å². The highest BCUT2D eigenvalue weighted by molar-refractivity contribution is 14.1. The van der Waals surface area contributed by atoms with Gasteiger partial charge in [-0.15, -0.1) is 5.10 Å². The van der Waals surface area contributed by atoms with E-state index < -0.39 is 0 Å². The van der Waals surface area contributed by atoms with E-state index in [1.165, 1.54) is 5.69 Å². The zero-order chi connectivity index (χ0) is 7.56. The molecular weight excluding hydrogens is 241 g/mol. The van der Waals surface area contributed by atoms with Crippen LogP contribution in [0.25, 0.3) is 0 Å². The van der Waals surface area contributed by atoms with E-state index >= 15 is 0 Å². The minimum Gasteiger partial charge on any atom is -0.249 e. The molecule has 0 bridgehead atoms. The first-order chi connectivity index (χ1) is 4.79. The smallest absolute Gasteiger partial charge is 0.146 e. The van der Waals surface area contributed by atoms with E-state index in [-0.39, 0.29) is 0 Å². The zero-order valence-corrected chi connectivity index (χ0v) is 8.29. The van der Waals surface area contributed by atoms with Gasteiger partial charge in [0.15, 0.2) is 0 Å². The van der Waals surface area contributed by atoms with Gasteiger partial charge in [-0.2, -0.15) is 0 Å². The van der Waals surface area contributed by atoms with Gasteiger partial charge in [0.2, 0.25) is 0 Å². The highest BCUT2D eigenvalue weighted by Gasteiger charge is 2.04. The van der Waals surface area contributed by atoms with Crippen molar-refractivity contribution in [1.29, 1.82) is 0 Å². The third kappa shape index (κ3) is 1.31. The van der Waals surface area contributed by atoms with E-state index in [4.69, 9.17) is 0 Å². The average Bonchev–Trinajstić information content (AvgIpc) is 2.30. The lowest BCUT2D eigenvalue weighted by Crippen LogP contribution is -2.01. The summed E-state index contributed by atoms with van der Waals surface area (Å²) < 4.78 is 2.96. The van der Waals surface area contributed by atoms with Crippen LogP contribution in [0.2, 0.25) is 0 Å². The lowest BCUT2D eigenvalue weighted by Gasteiger charge is -1.97. The molecule has 0 saturated heterocycles. The van der Waals surface area contributed by atoms with Gasteiger partial charge in [0.1, 0.15) is 3.70 Å². The van der Waals surface area contributed by atoms with Crippen molar-refractivity contribution in [3.63, 3.8) is 0 Å². The summed E-state index contributed by atoms with van der Waals surface area (Å²) in [6.45, 7) is 5.11. The summed E-state index contributed by atoms with van der Waals surface area (Å²) in [6.07, 6.45) is 1.01. The third-order valence-corrected chi connectivity index (χ3v) is 2.26. The Balaban J connectivity index is 3.01. The molecule has 1 rings (SSSR count). The van der Waals surface area contributed by atoms with E-state index in [0.29, 0.717) is 0 Å². The predicted octanol–water partition coefficient (Wildman–Crippen LogP) is 1.47. The average molecular weight is 251 g/mol. The maximum absolute atomic E-state index is 3.96. The maximum atomic E-state index is 3.96. The standard InChI is InChI=1S/C6H10IN3/c1-3-5-6(7)8-9-10(5)4-2/h3-4H2,1-2H3. The van der Waals surface area contributed by atoms with Gasteiger partial charge < -0.3 is 0 Å². The fourth-order valence-corrected chi connectivity index (χ4v) is 1.65. The monoisotopic (exact) mass is 251 g/mol. The molecule has 0 aliphatic rings. The Morgan fingerprint density at radius 1 is 1.50 bits per heavy atom. The summed E-state index contributed by atoms with van der Waals surface area (Å²) in [6, 6.07) is 0. The van der Waals surface area contributed by atoms with Gasteiger partial charge in [-0.25, -0.2) is 4.68 Å². The molecule has 0 radical (unpaired) electrons. The first-order valence-corrected chi connectivity index (χ1v) is 4.45. The molecule has 0 fully saturated rings. The molecule has 0 N–H and O–H groups in total. The van der Waals surface area contributed by atoms with Gasteiger partial charge in [0.05, 0.1) is 5.69 Å². The summed E-state index contributed by atoms with van der Waals surface area (Å²) >= 11 is 2.21. The summed E-state index contributed by atoms with van der Waals surface area (Å²) in [5.41, 5.74) is 1.24. The number of aryl methyl sites for hydroxylation is 1. The van der Waals surface area contributed by atoms with E-state index in [0.717, 1.165) is 16.7 Å². The molecule has 0 spiro atoms. The quantitative estimate of drug-likeness (QED) is 0.745. The van der Waals surface area contributed by atoms with Crippen LogP contribution in [0.3, 0.4) is 0 Å². The second-order valence-corrected chi connectivity index (χ2v) is 3.02. The lowest BCUT2D eigenvalue weighted by atomic mass is 10.4. The summed E-state index contributed by atoms with van der Waals surface area (Å²) in [7, 11) is 0. The van der Waals surface area contributed by atoms with Crippen molar-refractivity contribution in [1.82, 2.24) is 15.0 Å². The molecule has 10 heavy (non-hydrogen) atoms. The van der Waals surface area contributed by atoms with Crippen molar-refractivity contribution < 1.29 is 0 Å². The van der Waals surface area contributed by atoms with Crippen LogP contribution in [-0.2, 0) is 13.0 Å². The molecule has 0 unspecified atom stereocenters. The SMILES string of the molecule is CCc1c(I)nnn1CC. The number of hydrogen-bond acceptors (Lipinski definition) is 2. The first-order valence-electron chi connectivity index (χ1n) is 3.37. The summed E-state index contributed by atoms with van der Waals surface area (Å²) in [5.74, 6) is 0. The second kappa shape index (κ2) is 3.32. The minimum atomic E-state index is 0.916. The van der Waals surface area contributed by atoms with Crippen LogP contribution in [0.15, 0.2) is 0 Å². The molecule has 0 atom stereocenters. The lowest BCUT2D eigenvalue weighted by molar-refractivity contribution is 0.601. The fraction of sp³-hybridized carbons (Fsp3) is 0.667. The highest BCUT2D eigenvalue weighted by atomic mass is 127. The first kappa shape index (κ1) is 7.97. The third-order valence-electron chi connectivity index (χ3n) is 1.42. The van der Waals surface area contributed by atoms with Crippen molar-refractivity contribution in [2.75, 3.05) is 0 Å². The molecule has 0 aliphatic heterocycles.